The van der Waals surface area contributed by atoms with Crippen molar-refractivity contribution in [1.29, 1.82) is 0 Å². The van der Waals surface area contributed by atoms with Crippen molar-refractivity contribution in [3.8, 4) is 5.75 Å². The molecule has 0 atom stereocenters. The largest absolute Gasteiger partial charge is 0.427 e. The van der Waals surface area contributed by atoms with Gasteiger partial charge in [0.05, 0.1) is 0 Å². The van der Waals surface area contributed by atoms with Crippen molar-refractivity contribution in [3.05, 3.63) is 30.5 Å². The molecule has 2 heterocycles. The second kappa shape index (κ2) is 5.32. The number of ether oxygens (including phenoxy) is 1. The minimum Gasteiger partial charge on any atom is -0.409 e. The Balaban J connectivity index is 1.61. The number of carbonyl (C=O) groups excluding carboxylic acids is 1. The van der Waals surface area contributed by atoms with E-state index in [2.05, 4.69) is 10.4 Å². The van der Waals surface area contributed by atoms with Crippen LogP contribution in [0.2, 0.25) is 0 Å². The number of rotatable bonds is 2. The fourth-order valence-electron chi connectivity index (χ4n) is 2.36. The standard InChI is InChI=1S/C14H17N3O2/c18-14(16-17-8-2-1-3-9-17)19-12-4-5-13-11(10-12)6-7-15-13/h4-7,10,15H,1-3,8-9H2,(H,16,18). The first-order valence-electron chi connectivity index (χ1n) is 6.62. The Labute approximate surface area is 111 Å². The fraction of sp³-hybridized carbons (Fsp3) is 0.357. The van der Waals surface area contributed by atoms with E-state index in [9.17, 15) is 4.79 Å². The number of amides is 1. The minimum absolute atomic E-state index is 0.420. The van der Waals surface area contributed by atoms with Crippen molar-refractivity contribution in [2.45, 2.75) is 19.3 Å². The molecule has 1 aromatic carbocycles. The first kappa shape index (κ1) is 12.0. The number of benzene rings is 1. The molecule has 0 spiro atoms. The highest BCUT2D eigenvalue weighted by atomic mass is 16.6. The van der Waals surface area contributed by atoms with Crippen LogP contribution < -0.4 is 10.2 Å². The Morgan fingerprint density at radius 3 is 2.89 bits per heavy atom. The average Bonchev–Trinajstić information content (AvgIpc) is 2.87. The molecule has 1 aliphatic heterocycles. The molecular formula is C14H17N3O2. The molecule has 0 bridgehead atoms. The lowest BCUT2D eigenvalue weighted by molar-refractivity contribution is 0.129. The van der Waals surface area contributed by atoms with E-state index in [1.54, 1.807) is 6.07 Å². The van der Waals surface area contributed by atoms with Crippen LogP contribution in [-0.4, -0.2) is 29.2 Å². The number of hydrazine groups is 1. The number of nitrogens with one attached hydrogen (secondary N) is 2. The third-order valence-corrected chi connectivity index (χ3v) is 3.34. The van der Waals surface area contributed by atoms with Gasteiger partial charge < -0.3 is 9.72 Å². The number of hydrogen-bond donors (Lipinski definition) is 2. The molecule has 100 valence electrons. The summed E-state index contributed by atoms with van der Waals surface area (Å²) in [6, 6.07) is 7.49. The van der Waals surface area contributed by atoms with Gasteiger partial charge in [-0.05, 0) is 37.1 Å². The monoisotopic (exact) mass is 259 g/mol. The molecule has 2 N–H and O–H groups in total. The molecule has 1 aromatic heterocycles. The molecule has 19 heavy (non-hydrogen) atoms. The van der Waals surface area contributed by atoms with E-state index in [-0.39, 0.29) is 0 Å². The lowest BCUT2D eigenvalue weighted by atomic mass is 10.2. The highest BCUT2D eigenvalue weighted by molar-refractivity contribution is 5.81. The quantitative estimate of drug-likeness (QED) is 0.871. The van der Waals surface area contributed by atoms with Crippen LogP contribution >= 0.6 is 0 Å². The first-order valence-corrected chi connectivity index (χ1v) is 6.62. The van der Waals surface area contributed by atoms with Crippen molar-refractivity contribution in [2.24, 2.45) is 0 Å². The zero-order chi connectivity index (χ0) is 13.1. The van der Waals surface area contributed by atoms with Gasteiger partial charge in [0.15, 0.2) is 0 Å². The topological polar surface area (TPSA) is 57.4 Å². The van der Waals surface area contributed by atoms with Crippen LogP contribution in [0, 0.1) is 0 Å². The normalized spacial score (nSPS) is 16.4. The summed E-state index contributed by atoms with van der Waals surface area (Å²) >= 11 is 0. The zero-order valence-electron chi connectivity index (χ0n) is 10.7. The van der Waals surface area contributed by atoms with E-state index in [1.165, 1.54) is 6.42 Å². The molecule has 1 fully saturated rings. The maximum atomic E-state index is 11.8. The highest BCUT2D eigenvalue weighted by Crippen LogP contribution is 2.19. The van der Waals surface area contributed by atoms with Crippen LogP contribution in [0.1, 0.15) is 19.3 Å². The number of aromatic nitrogens is 1. The van der Waals surface area contributed by atoms with Gasteiger partial charge >= 0.3 is 6.09 Å². The summed E-state index contributed by atoms with van der Waals surface area (Å²) in [4.78, 5) is 14.9. The minimum atomic E-state index is -0.420. The average molecular weight is 259 g/mol. The van der Waals surface area contributed by atoms with Gasteiger partial charge in [0.2, 0.25) is 0 Å². The maximum absolute atomic E-state index is 11.8. The van der Waals surface area contributed by atoms with Gasteiger partial charge in [-0.25, -0.2) is 9.80 Å². The Bertz CT molecular complexity index is 573. The van der Waals surface area contributed by atoms with Crippen molar-refractivity contribution < 1.29 is 9.53 Å². The molecule has 0 radical (unpaired) electrons. The van der Waals surface area contributed by atoms with E-state index in [0.29, 0.717) is 5.75 Å². The lowest BCUT2D eigenvalue weighted by Gasteiger charge is -2.26. The Morgan fingerprint density at radius 2 is 2.05 bits per heavy atom. The molecule has 3 rings (SSSR count). The zero-order valence-corrected chi connectivity index (χ0v) is 10.7. The summed E-state index contributed by atoms with van der Waals surface area (Å²) in [6.07, 6.45) is 4.92. The van der Waals surface area contributed by atoms with E-state index >= 15 is 0 Å². The lowest BCUT2D eigenvalue weighted by Crippen LogP contribution is -2.46. The number of hydrogen-bond acceptors (Lipinski definition) is 3. The molecule has 1 amide bonds. The summed E-state index contributed by atoms with van der Waals surface area (Å²) in [7, 11) is 0. The number of aromatic amines is 1. The van der Waals surface area contributed by atoms with Crippen LogP contribution in [0.15, 0.2) is 30.5 Å². The summed E-state index contributed by atoms with van der Waals surface area (Å²) in [5.74, 6) is 0.557. The van der Waals surface area contributed by atoms with E-state index in [0.717, 1.165) is 36.8 Å². The van der Waals surface area contributed by atoms with Crippen molar-refractivity contribution in [1.82, 2.24) is 15.4 Å². The second-order valence-electron chi connectivity index (χ2n) is 4.78. The van der Waals surface area contributed by atoms with Crippen LogP contribution in [0.4, 0.5) is 4.79 Å². The molecule has 0 aliphatic carbocycles. The van der Waals surface area contributed by atoms with E-state index in [4.69, 9.17) is 4.74 Å². The maximum Gasteiger partial charge on any atom is 0.427 e. The predicted octanol–water partition coefficient (Wildman–Crippen LogP) is 2.66. The van der Waals surface area contributed by atoms with Gasteiger partial charge in [0.25, 0.3) is 0 Å². The van der Waals surface area contributed by atoms with Crippen molar-refractivity contribution >= 4 is 17.0 Å². The Kier molecular flexibility index (Phi) is 3.37. The molecule has 1 aliphatic rings. The summed E-state index contributed by atoms with van der Waals surface area (Å²) < 4.78 is 5.29. The molecule has 1 saturated heterocycles. The smallest absolute Gasteiger partial charge is 0.409 e. The van der Waals surface area contributed by atoms with Gasteiger partial charge in [-0.2, -0.15) is 0 Å². The van der Waals surface area contributed by atoms with E-state index < -0.39 is 6.09 Å². The molecule has 2 aromatic rings. The molecule has 0 saturated carbocycles. The van der Waals surface area contributed by atoms with Crippen molar-refractivity contribution in [2.75, 3.05) is 13.1 Å². The second-order valence-corrected chi connectivity index (χ2v) is 4.78. The number of fused-ring (bicyclic) bond motifs is 1. The van der Waals surface area contributed by atoms with Gasteiger partial charge in [-0.15, -0.1) is 0 Å². The molecule has 5 nitrogen and oxygen atoms in total. The van der Waals surface area contributed by atoms with Crippen LogP contribution in [0.5, 0.6) is 5.75 Å². The number of piperidine rings is 1. The molecule has 5 heteroatoms. The van der Waals surface area contributed by atoms with Crippen LogP contribution in [-0.2, 0) is 0 Å². The van der Waals surface area contributed by atoms with Gasteiger partial charge in [0, 0.05) is 30.2 Å². The SMILES string of the molecule is O=C(NN1CCCCC1)Oc1ccc2[nH]ccc2c1. The van der Waals surface area contributed by atoms with E-state index in [1.807, 2.05) is 29.4 Å². The molecule has 0 unspecified atom stereocenters. The fourth-order valence-corrected chi connectivity index (χ4v) is 2.36. The third kappa shape index (κ3) is 2.88. The van der Waals surface area contributed by atoms with Crippen LogP contribution in [0.25, 0.3) is 10.9 Å². The van der Waals surface area contributed by atoms with Gasteiger partial charge in [-0.3, -0.25) is 5.43 Å². The van der Waals surface area contributed by atoms with Crippen LogP contribution in [0.3, 0.4) is 0 Å². The van der Waals surface area contributed by atoms with Gasteiger partial charge in [-0.1, -0.05) is 6.42 Å². The number of carbonyl (C=O) groups is 1. The van der Waals surface area contributed by atoms with Crippen molar-refractivity contribution in [3.63, 3.8) is 0 Å². The Hall–Kier alpha value is -2.01. The highest BCUT2D eigenvalue weighted by Gasteiger charge is 2.14. The van der Waals surface area contributed by atoms with Gasteiger partial charge in [0.1, 0.15) is 5.75 Å². The summed E-state index contributed by atoms with van der Waals surface area (Å²) in [5, 5.41) is 2.95. The Morgan fingerprint density at radius 1 is 1.21 bits per heavy atom. The third-order valence-electron chi connectivity index (χ3n) is 3.34. The summed E-state index contributed by atoms with van der Waals surface area (Å²) in [6.45, 7) is 1.79. The summed E-state index contributed by atoms with van der Waals surface area (Å²) in [5.41, 5.74) is 3.80. The first-order chi connectivity index (χ1) is 9.31. The number of nitrogens with zero attached hydrogens (tertiary/aromatic N) is 1. The molecular weight excluding hydrogens is 242 g/mol. The predicted molar refractivity (Wildman–Crippen MR) is 72.9 cm³/mol. The number of H-pyrrole nitrogens is 1.